The number of aryl methyl sites for hydroxylation is 1. The van der Waals surface area contributed by atoms with Crippen molar-refractivity contribution in [3.63, 3.8) is 0 Å². The monoisotopic (exact) mass is 244 g/mol. The number of hydrogen-bond acceptors (Lipinski definition) is 3. The van der Waals surface area contributed by atoms with Gasteiger partial charge < -0.3 is 5.32 Å². The first kappa shape index (κ1) is 11.5. The molecule has 0 spiro atoms. The fourth-order valence-corrected chi connectivity index (χ4v) is 2.81. The molecule has 1 aliphatic carbocycles. The van der Waals surface area contributed by atoms with Gasteiger partial charge in [-0.05, 0) is 36.8 Å². The van der Waals surface area contributed by atoms with E-state index in [-0.39, 0.29) is 0 Å². The summed E-state index contributed by atoms with van der Waals surface area (Å²) >= 11 is 0. The number of fused-ring (bicyclic) bond motifs is 1. The van der Waals surface area contributed by atoms with Crippen molar-refractivity contribution in [1.82, 2.24) is 14.6 Å². The van der Waals surface area contributed by atoms with Crippen LogP contribution >= 0.6 is 0 Å². The highest BCUT2D eigenvalue weighted by Crippen LogP contribution is 2.37. The molecular weight excluding hydrogens is 224 g/mol. The molecule has 2 aromatic heterocycles. The normalized spacial score (nSPS) is 18.3. The van der Waals surface area contributed by atoms with Crippen molar-refractivity contribution in [1.29, 1.82) is 0 Å². The molecular formula is C14H20N4. The van der Waals surface area contributed by atoms with Gasteiger partial charge in [-0.25, -0.2) is 4.52 Å². The lowest BCUT2D eigenvalue weighted by atomic mass is 9.89. The van der Waals surface area contributed by atoms with Gasteiger partial charge in [0.05, 0.1) is 0 Å². The molecule has 0 amide bonds. The van der Waals surface area contributed by atoms with E-state index < -0.39 is 0 Å². The fourth-order valence-electron chi connectivity index (χ4n) is 2.81. The van der Waals surface area contributed by atoms with Crippen LogP contribution in [0.2, 0.25) is 0 Å². The van der Waals surface area contributed by atoms with Crippen molar-refractivity contribution >= 4 is 11.6 Å². The minimum absolute atomic E-state index is 0.423. The Kier molecular flexibility index (Phi) is 2.73. The molecule has 0 aromatic carbocycles. The van der Waals surface area contributed by atoms with Gasteiger partial charge in [0.2, 0.25) is 5.95 Å². The molecule has 0 aliphatic heterocycles. The number of nitrogens with zero attached hydrogens (tertiary/aromatic N) is 3. The summed E-state index contributed by atoms with van der Waals surface area (Å²) in [6, 6.07) is 4.06. The first-order chi connectivity index (χ1) is 8.66. The average Bonchev–Trinajstić information content (AvgIpc) is 2.94. The van der Waals surface area contributed by atoms with Crippen molar-refractivity contribution < 1.29 is 0 Å². The van der Waals surface area contributed by atoms with Gasteiger partial charge in [-0.15, -0.1) is 5.10 Å². The van der Waals surface area contributed by atoms with Crippen LogP contribution in [0.15, 0.2) is 18.3 Å². The van der Waals surface area contributed by atoms with Crippen LogP contribution < -0.4 is 5.32 Å². The second-order valence-corrected chi connectivity index (χ2v) is 5.77. The third kappa shape index (κ3) is 2.07. The smallest absolute Gasteiger partial charge is 0.243 e. The zero-order valence-electron chi connectivity index (χ0n) is 11.1. The Morgan fingerprint density at radius 2 is 2.17 bits per heavy atom. The van der Waals surface area contributed by atoms with Crippen LogP contribution in [0.4, 0.5) is 5.95 Å². The molecule has 4 nitrogen and oxygen atoms in total. The number of nitrogens with one attached hydrogen (secondary N) is 1. The van der Waals surface area contributed by atoms with Crippen molar-refractivity contribution in [2.75, 3.05) is 11.9 Å². The quantitative estimate of drug-likeness (QED) is 0.902. The van der Waals surface area contributed by atoms with Crippen molar-refractivity contribution in [3.05, 3.63) is 23.9 Å². The average molecular weight is 244 g/mol. The molecule has 1 aliphatic rings. The lowest BCUT2D eigenvalue weighted by Crippen LogP contribution is -2.23. The summed E-state index contributed by atoms with van der Waals surface area (Å²) in [5.41, 5.74) is 2.52. The first-order valence-corrected chi connectivity index (χ1v) is 6.72. The van der Waals surface area contributed by atoms with Crippen LogP contribution in [-0.2, 0) is 0 Å². The van der Waals surface area contributed by atoms with E-state index in [0.717, 1.165) is 23.7 Å². The van der Waals surface area contributed by atoms with Gasteiger partial charge in [0.15, 0.2) is 5.65 Å². The molecule has 2 aromatic rings. The first-order valence-electron chi connectivity index (χ1n) is 6.72. The molecule has 0 saturated heterocycles. The summed E-state index contributed by atoms with van der Waals surface area (Å²) in [4.78, 5) is 4.55. The van der Waals surface area contributed by atoms with Gasteiger partial charge in [0.1, 0.15) is 0 Å². The maximum absolute atomic E-state index is 4.55. The standard InChI is InChI=1S/C14H20N4/c1-11-6-5-9-18-12(11)16-13(17-18)15-10-14(2)7-3-4-8-14/h5-6,9H,3-4,7-8,10H2,1-2H3,(H,15,17). The van der Waals surface area contributed by atoms with Crippen LogP contribution in [-0.4, -0.2) is 21.1 Å². The number of hydrogen-bond donors (Lipinski definition) is 1. The molecule has 1 saturated carbocycles. The minimum atomic E-state index is 0.423. The maximum Gasteiger partial charge on any atom is 0.243 e. The second-order valence-electron chi connectivity index (χ2n) is 5.77. The summed E-state index contributed by atoms with van der Waals surface area (Å²) in [7, 11) is 0. The van der Waals surface area contributed by atoms with E-state index >= 15 is 0 Å². The number of aromatic nitrogens is 3. The van der Waals surface area contributed by atoms with E-state index in [1.807, 2.05) is 16.8 Å². The molecule has 0 bridgehead atoms. The minimum Gasteiger partial charge on any atom is -0.352 e. The summed E-state index contributed by atoms with van der Waals surface area (Å²) in [6.45, 7) is 5.39. The predicted octanol–water partition coefficient (Wildman–Crippen LogP) is 3.03. The number of anilines is 1. The van der Waals surface area contributed by atoms with Crippen LogP contribution in [0, 0.1) is 12.3 Å². The molecule has 0 unspecified atom stereocenters. The molecule has 3 rings (SSSR count). The van der Waals surface area contributed by atoms with E-state index in [1.54, 1.807) is 0 Å². The summed E-state index contributed by atoms with van der Waals surface area (Å²) in [5.74, 6) is 0.748. The van der Waals surface area contributed by atoms with Crippen molar-refractivity contribution in [2.24, 2.45) is 5.41 Å². The van der Waals surface area contributed by atoms with E-state index in [1.165, 1.54) is 25.7 Å². The van der Waals surface area contributed by atoms with E-state index in [2.05, 4.69) is 35.3 Å². The lowest BCUT2D eigenvalue weighted by molar-refractivity contribution is 0.361. The van der Waals surface area contributed by atoms with Gasteiger partial charge in [0, 0.05) is 12.7 Å². The predicted molar refractivity (Wildman–Crippen MR) is 72.8 cm³/mol. The molecule has 1 fully saturated rings. The van der Waals surface area contributed by atoms with E-state index in [4.69, 9.17) is 0 Å². The SMILES string of the molecule is Cc1cccn2nc(NCC3(C)CCCC3)nc12. The third-order valence-corrected chi connectivity index (χ3v) is 4.04. The molecule has 96 valence electrons. The van der Waals surface area contributed by atoms with Crippen LogP contribution in [0.25, 0.3) is 5.65 Å². The summed E-state index contributed by atoms with van der Waals surface area (Å²) < 4.78 is 1.84. The van der Waals surface area contributed by atoms with Gasteiger partial charge in [-0.3, -0.25) is 0 Å². The molecule has 0 atom stereocenters. The van der Waals surface area contributed by atoms with Crippen LogP contribution in [0.5, 0.6) is 0 Å². The van der Waals surface area contributed by atoms with Gasteiger partial charge in [0.25, 0.3) is 0 Å². The Morgan fingerprint density at radius 3 is 2.89 bits per heavy atom. The topological polar surface area (TPSA) is 42.2 Å². The lowest BCUT2D eigenvalue weighted by Gasteiger charge is -2.22. The largest absolute Gasteiger partial charge is 0.352 e. The summed E-state index contributed by atoms with van der Waals surface area (Å²) in [6.07, 6.45) is 7.28. The Hall–Kier alpha value is -1.58. The van der Waals surface area contributed by atoms with Crippen molar-refractivity contribution in [2.45, 2.75) is 39.5 Å². The van der Waals surface area contributed by atoms with Crippen LogP contribution in [0.3, 0.4) is 0 Å². The maximum atomic E-state index is 4.55. The Morgan fingerprint density at radius 1 is 1.39 bits per heavy atom. The highest BCUT2D eigenvalue weighted by molar-refractivity contribution is 5.49. The van der Waals surface area contributed by atoms with E-state index in [0.29, 0.717) is 5.41 Å². The van der Waals surface area contributed by atoms with Crippen molar-refractivity contribution in [3.8, 4) is 0 Å². The highest BCUT2D eigenvalue weighted by atomic mass is 15.3. The van der Waals surface area contributed by atoms with Gasteiger partial charge >= 0.3 is 0 Å². The highest BCUT2D eigenvalue weighted by Gasteiger charge is 2.28. The second kappa shape index (κ2) is 4.26. The summed E-state index contributed by atoms with van der Waals surface area (Å²) in [5, 5.41) is 7.86. The Labute approximate surface area is 107 Å². The fraction of sp³-hybridized carbons (Fsp3) is 0.571. The zero-order chi connectivity index (χ0) is 12.6. The molecule has 18 heavy (non-hydrogen) atoms. The molecule has 4 heteroatoms. The van der Waals surface area contributed by atoms with Gasteiger partial charge in [-0.2, -0.15) is 4.98 Å². The Balaban J connectivity index is 1.77. The third-order valence-electron chi connectivity index (χ3n) is 4.04. The zero-order valence-corrected chi connectivity index (χ0v) is 11.1. The van der Waals surface area contributed by atoms with Gasteiger partial charge in [-0.1, -0.05) is 25.8 Å². The molecule has 2 heterocycles. The van der Waals surface area contributed by atoms with E-state index in [9.17, 15) is 0 Å². The molecule has 0 radical (unpaired) electrons. The number of rotatable bonds is 3. The van der Waals surface area contributed by atoms with Crippen LogP contribution in [0.1, 0.15) is 38.2 Å². The Bertz CT molecular complexity index is 552. The molecule has 1 N–H and O–H groups in total. The number of pyridine rings is 1.